The number of halogens is 2. The topological polar surface area (TPSA) is 148 Å². The fourth-order valence-corrected chi connectivity index (χ4v) is 21.7. The Kier molecular flexibility index (Phi) is 30.3. The summed E-state index contributed by atoms with van der Waals surface area (Å²) < 4.78 is 70.5. The fraction of sp³-hybridized carbons (Fsp3) is 0.385. The van der Waals surface area contributed by atoms with E-state index >= 15 is 0 Å². The Balaban J connectivity index is 0.000000189. The SMILES string of the molecule is CCOCOc1c(-n2c3ccc(C(C)(C)C)cc3c3cc(C(C)(C)C)ccc32)csc1B1OC(C)(C)C(C)(C)O1.COc1ccc(OCCCCOc2ccc(C)cc2-c2scc(-n3c4ccc(C(C)(C)C)cc4c4cc(C(C)(C)C)ccc43)c2O)c(-c2scc(-n3c4ccc(C(C)(C)C)cc4c4cc(C(C)(C)C)ccc43)c2O)c1.COc1ccc(OCCCCOc2ccc(C)cc2I)c(I)c1. The van der Waals surface area contributed by atoms with Gasteiger partial charge in [0, 0.05) is 66.2 Å². The molecule has 0 unspecified atom stereocenters. The lowest BCUT2D eigenvalue weighted by molar-refractivity contribution is 0.00578. The van der Waals surface area contributed by atoms with Crippen molar-refractivity contribution in [1.82, 2.24) is 13.7 Å². The van der Waals surface area contributed by atoms with Crippen LogP contribution < -0.4 is 37.9 Å². The van der Waals surface area contributed by atoms with Crippen LogP contribution in [-0.2, 0) is 46.5 Å². The second-order valence-corrected chi connectivity index (χ2v) is 48.5. The molecular weight excluding hydrogens is 2000 g/mol. The van der Waals surface area contributed by atoms with E-state index in [0.29, 0.717) is 49.4 Å². The van der Waals surface area contributed by atoms with Crippen LogP contribution in [0.25, 0.3) is 103 Å². The molecule has 10 aromatic carbocycles. The molecule has 0 atom stereocenters. The van der Waals surface area contributed by atoms with E-state index in [2.05, 4.69) is 369 Å². The number of methoxy groups -OCH3 is 2. The van der Waals surface area contributed by atoms with Crippen LogP contribution in [-0.4, -0.2) is 96.3 Å². The molecule has 1 aliphatic rings. The van der Waals surface area contributed by atoms with Crippen LogP contribution in [0.3, 0.4) is 0 Å². The zero-order valence-electron chi connectivity index (χ0n) is 85.5. The Labute approximate surface area is 856 Å². The van der Waals surface area contributed by atoms with Crippen molar-refractivity contribution < 1.29 is 57.4 Å². The second kappa shape index (κ2) is 40.7. The molecule has 1 aliphatic heterocycles. The average Bonchev–Trinajstić information content (AvgIpc) is 1.58. The first kappa shape index (κ1) is 103. The van der Waals surface area contributed by atoms with E-state index in [1.165, 1.54) is 93.9 Å². The highest BCUT2D eigenvalue weighted by molar-refractivity contribution is 14.1. The minimum Gasteiger partial charge on any atom is -0.504 e. The van der Waals surface area contributed by atoms with Crippen LogP contribution in [0.4, 0.5) is 0 Å². The lowest BCUT2D eigenvalue weighted by atomic mass is 9.85. The number of hydrogen-bond donors (Lipinski definition) is 2. The van der Waals surface area contributed by atoms with Crippen LogP contribution in [0.2, 0.25) is 0 Å². The second-order valence-electron chi connectivity index (χ2n) is 43.6. The molecule has 138 heavy (non-hydrogen) atoms. The number of hydrogen-bond acceptors (Lipinski definition) is 15. The number of aromatic hydroxyl groups is 2. The third kappa shape index (κ3) is 21.8. The molecule has 1 fully saturated rings. The zero-order chi connectivity index (χ0) is 99.4. The van der Waals surface area contributed by atoms with E-state index in [4.69, 9.17) is 47.2 Å². The smallest absolute Gasteiger partial charge is 0.504 e. The maximum atomic E-state index is 12.3. The van der Waals surface area contributed by atoms with Crippen LogP contribution in [0.15, 0.2) is 198 Å². The first-order valence-corrected chi connectivity index (χ1v) is 52.8. The summed E-state index contributed by atoms with van der Waals surface area (Å²) in [6, 6.07) is 64.8. The highest BCUT2D eigenvalue weighted by atomic mass is 127. The van der Waals surface area contributed by atoms with Crippen molar-refractivity contribution in [3.63, 3.8) is 0 Å². The van der Waals surface area contributed by atoms with Crippen LogP contribution in [0.5, 0.6) is 51.7 Å². The lowest BCUT2D eigenvalue weighted by Gasteiger charge is -2.32. The van der Waals surface area contributed by atoms with E-state index in [9.17, 15) is 10.2 Å². The van der Waals surface area contributed by atoms with Gasteiger partial charge >= 0.3 is 7.12 Å². The van der Waals surface area contributed by atoms with Gasteiger partial charge in [-0.05, 0) is 324 Å². The minimum atomic E-state index is -0.520. The summed E-state index contributed by atoms with van der Waals surface area (Å²) in [5, 5.41) is 38.0. The normalized spacial score (nSPS) is 13.7. The summed E-state index contributed by atoms with van der Waals surface area (Å²) in [6.07, 6.45) is 3.41. The van der Waals surface area contributed by atoms with Gasteiger partial charge in [-0.1, -0.05) is 179 Å². The van der Waals surface area contributed by atoms with E-state index in [-0.39, 0.29) is 50.8 Å². The van der Waals surface area contributed by atoms with Crippen LogP contribution in [0, 0.1) is 21.0 Å². The summed E-state index contributed by atoms with van der Waals surface area (Å²) in [6.45, 7) is 58.1. The number of thiophene rings is 3. The predicted molar refractivity (Wildman–Crippen MR) is 597 cm³/mol. The maximum Gasteiger partial charge on any atom is 0.509 e. The standard InChI is InChI=1S/C66H72N2O5S2.C33H44BNO4S.C18H20I2O3/c1-39-17-27-57(49(31-39)61-59(69)55(37-74-61)67-51-23-18-40(63(2,3)4)32-45(51)46-33-41(64(5,6)7)19-24-52(46)67)72-29-15-16-30-73-58-28-22-44(71-14)36-50(58)62-60(70)56(38-75-62)68-53-25-20-42(65(8,9)10)34-47(53)48-35-43(66(11,12)13)21-26-54(48)68;1-12-36-20-37-28-27(19-40-29(28)34-38-32(8,9)33(10,11)39-34)35-25-15-13-21(30(2,3)4)17-23(25)24-18-22(31(5,6)7)14-16-26(24)35;1-13-5-7-17(15(19)11-13)22-9-3-4-10-23-18-8-6-14(21-2)12-16(18)20/h17-28,31-38,69-70H,15-16,29-30H2,1-14H3;13-19H,12,20H2,1-11H3;5-8,11-12H,3-4,9-10H2,1-2H3. The Bertz CT molecular complexity index is 6910. The van der Waals surface area contributed by atoms with Gasteiger partial charge < -0.3 is 71.1 Å². The molecule has 726 valence electrons. The van der Waals surface area contributed by atoms with Gasteiger partial charge in [0.25, 0.3) is 0 Å². The molecule has 0 bridgehead atoms. The van der Waals surface area contributed by atoms with Gasteiger partial charge in [-0.2, -0.15) is 0 Å². The number of nitrogens with zero attached hydrogens (tertiary/aromatic N) is 3. The Morgan fingerprint density at radius 3 is 0.986 bits per heavy atom. The summed E-state index contributed by atoms with van der Waals surface area (Å²) in [5.74, 6) is 5.97. The summed E-state index contributed by atoms with van der Waals surface area (Å²) >= 11 is 9.22. The van der Waals surface area contributed by atoms with Crippen molar-refractivity contribution in [3.8, 4) is 89.7 Å². The van der Waals surface area contributed by atoms with E-state index in [1.54, 1.807) is 25.6 Å². The number of fused-ring (bicyclic) bond motifs is 9. The number of unbranched alkanes of at least 4 members (excludes halogenated alkanes) is 2. The van der Waals surface area contributed by atoms with Crippen molar-refractivity contribution in [2.45, 2.75) is 242 Å². The first-order chi connectivity index (χ1) is 65.1. The Morgan fingerprint density at radius 1 is 0.355 bits per heavy atom. The number of aryl methyl sites for hydroxylation is 2. The molecule has 17 rings (SSSR count). The van der Waals surface area contributed by atoms with Crippen LogP contribution in [0.1, 0.15) is 229 Å². The third-order valence-corrected chi connectivity index (χ3v) is 31.2. The highest BCUT2D eigenvalue weighted by Crippen LogP contribution is 2.52. The number of benzene rings is 10. The molecular formula is C117H136BI2N3O12S3. The summed E-state index contributed by atoms with van der Waals surface area (Å²) in [4.78, 5) is 1.48. The van der Waals surface area contributed by atoms with Gasteiger partial charge in [-0.3, -0.25) is 0 Å². The van der Waals surface area contributed by atoms with Gasteiger partial charge in [0.15, 0.2) is 24.0 Å². The molecule has 16 aromatic rings. The average molecular weight is 2140 g/mol. The molecule has 7 heterocycles. The molecule has 15 nitrogen and oxygen atoms in total. The molecule has 6 aromatic heterocycles. The van der Waals surface area contributed by atoms with Crippen molar-refractivity contribution in [2.75, 3.05) is 54.0 Å². The van der Waals surface area contributed by atoms with Gasteiger partial charge in [0.1, 0.15) is 34.5 Å². The van der Waals surface area contributed by atoms with Gasteiger partial charge in [0.2, 0.25) is 0 Å². The number of aromatic nitrogens is 3. The summed E-state index contributed by atoms with van der Waals surface area (Å²) in [5.41, 5.74) is 19.8. The largest absolute Gasteiger partial charge is 0.509 e. The van der Waals surface area contributed by atoms with Crippen molar-refractivity contribution in [2.24, 2.45) is 0 Å². The molecule has 0 saturated carbocycles. The van der Waals surface area contributed by atoms with Gasteiger partial charge in [-0.25, -0.2) is 0 Å². The van der Waals surface area contributed by atoms with Crippen LogP contribution >= 0.6 is 79.2 Å². The van der Waals surface area contributed by atoms with E-state index in [1.807, 2.05) is 60.8 Å². The summed E-state index contributed by atoms with van der Waals surface area (Å²) in [7, 11) is 2.80. The fourth-order valence-electron chi connectivity index (χ4n) is 17.5. The predicted octanol–water partition coefficient (Wildman–Crippen LogP) is 32.1. The monoisotopic (exact) mass is 2140 g/mol. The molecule has 0 radical (unpaired) electrons. The van der Waals surface area contributed by atoms with Crippen molar-refractivity contribution in [3.05, 3.63) is 250 Å². The highest BCUT2D eigenvalue weighted by Gasteiger charge is 2.54. The number of rotatable bonds is 26. The Morgan fingerprint density at radius 2 is 0.652 bits per heavy atom. The lowest BCUT2D eigenvalue weighted by Crippen LogP contribution is -2.41. The molecule has 0 spiro atoms. The molecule has 0 aliphatic carbocycles. The van der Waals surface area contributed by atoms with Gasteiger partial charge in [-0.15, -0.1) is 34.0 Å². The molecule has 21 heteroatoms. The van der Waals surface area contributed by atoms with E-state index < -0.39 is 18.3 Å². The number of ether oxygens (including phenoxy) is 8. The van der Waals surface area contributed by atoms with E-state index in [0.717, 1.165) is 138 Å². The van der Waals surface area contributed by atoms with Crippen molar-refractivity contribution >= 4 is 157 Å². The Hall–Kier alpha value is -9.70. The molecule has 1 saturated heterocycles. The third-order valence-electron chi connectivity index (χ3n) is 26.6. The van der Waals surface area contributed by atoms with Crippen molar-refractivity contribution in [1.29, 1.82) is 0 Å². The maximum absolute atomic E-state index is 12.3. The minimum absolute atomic E-state index is 0.0112. The molecule has 0 amide bonds. The quantitative estimate of drug-likeness (QED) is 0.0230. The van der Waals surface area contributed by atoms with Gasteiger partial charge in [0.05, 0.1) is 124 Å². The molecule has 2 N–H and O–H groups in total. The first-order valence-electron chi connectivity index (χ1n) is 48.0. The zero-order valence-corrected chi connectivity index (χ0v) is 92.3.